The summed E-state index contributed by atoms with van der Waals surface area (Å²) in [5.41, 5.74) is 6.74. The summed E-state index contributed by atoms with van der Waals surface area (Å²) in [5, 5.41) is 15.7. The van der Waals surface area contributed by atoms with E-state index in [1.165, 1.54) is 0 Å². The zero-order valence-electron chi connectivity index (χ0n) is 15.4. The highest BCUT2D eigenvalue weighted by atomic mass is 16.4. The normalized spacial score (nSPS) is 12.7. The lowest BCUT2D eigenvalue weighted by atomic mass is 10.0. The van der Waals surface area contributed by atoms with E-state index < -0.39 is 42.3 Å². The third kappa shape index (κ3) is 8.32. The first kappa shape index (κ1) is 22.1. The van der Waals surface area contributed by atoms with Crippen LogP contribution >= 0.6 is 0 Å². The molecule has 1 aromatic carbocycles. The number of rotatable bonds is 10. The number of carbonyl (C=O) groups is 4. The van der Waals surface area contributed by atoms with Crippen molar-refractivity contribution in [2.24, 2.45) is 11.7 Å². The number of hydrogen-bond donors (Lipinski definition) is 5. The molecule has 2 unspecified atom stereocenters. The van der Waals surface area contributed by atoms with Crippen LogP contribution in [0.1, 0.15) is 19.4 Å². The molecule has 9 nitrogen and oxygen atoms in total. The van der Waals surface area contributed by atoms with E-state index in [1.807, 2.05) is 30.3 Å². The van der Waals surface area contributed by atoms with Crippen LogP contribution in [0.25, 0.3) is 0 Å². The van der Waals surface area contributed by atoms with Crippen LogP contribution in [0, 0.1) is 5.92 Å². The Kier molecular flexibility index (Phi) is 8.94. The van der Waals surface area contributed by atoms with Crippen molar-refractivity contribution in [1.82, 2.24) is 16.0 Å². The second kappa shape index (κ2) is 10.9. The number of carboxylic acid groups (broad SMARTS) is 1. The quantitative estimate of drug-likeness (QED) is 0.353. The first-order valence-electron chi connectivity index (χ1n) is 8.56. The van der Waals surface area contributed by atoms with Gasteiger partial charge in [0.05, 0.1) is 12.6 Å². The lowest BCUT2D eigenvalue weighted by Crippen LogP contribution is -2.53. The summed E-state index contributed by atoms with van der Waals surface area (Å²) >= 11 is 0. The third-order valence-electron chi connectivity index (χ3n) is 3.74. The summed E-state index contributed by atoms with van der Waals surface area (Å²) < 4.78 is 0. The molecule has 0 aromatic heterocycles. The second-order valence-electron chi connectivity index (χ2n) is 6.41. The van der Waals surface area contributed by atoms with Crippen molar-refractivity contribution in [3.63, 3.8) is 0 Å². The van der Waals surface area contributed by atoms with Gasteiger partial charge in [0.15, 0.2) is 0 Å². The molecule has 148 valence electrons. The number of aliphatic carboxylic acids is 1. The van der Waals surface area contributed by atoms with Gasteiger partial charge in [-0.05, 0) is 17.9 Å². The Labute approximate surface area is 157 Å². The van der Waals surface area contributed by atoms with E-state index in [0.717, 1.165) is 5.56 Å². The van der Waals surface area contributed by atoms with Gasteiger partial charge in [0, 0.05) is 0 Å². The molecule has 6 N–H and O–H groups in total. The van der Waals surface area contributed by atoms with E-state index in [2.05, 4.69) is 16.0 Å². The predicted octanol–water partition coefficient (Wildman–Crippen LogP) is -0.986. The molecule has 0 fully saturated rings. The van der Waals surface area contributed by atoms with E-state index >= 15 is 0 Å². The smallest absolute Gasteiger partial charge is 0.322 e. The molecule has 1 aromatic rings. The molecule has 1 rings (SSSR count). The molecule has 0 aliphatic heterocycles. The Morgan fingerprint density at radius 2 is 1.59 bits per heavy atom. The van der Waals surface area contributed by atoms with E-state index in [4.69, 9.17) is 10.8 Å². The highest BCUT2D eigenvalue weighted by molar-refractivity contribution is 5.92. The lowest BCUT2D eigenvalue weighted by molar-refractivity contribution is -0.138. The zero-order chi connectivity index (χ0) is 20.4. The van der Waals surface area contributed by atoms with E-state index in [1.54, 1.807) is 13.8 Å². The minimum atomic E-state index is -1.18. The number of nitrogens with one attached hydrogen (secondary N) is 3. The van der Waals surface area contributed by atoms with Crippen molar-refractivity contribution in [3.05, 3.63) is 35.9 Å². The third-order valence-corrected chi connectivity index (χ3v) is 3.74. The molecule has 0 saturated carbocycles. The monoisotopic (exact) mass is 378 g/mol. The number of hydrogen-bond acceptors (Lipinski definition) is 5. The minimum absolute atomic E-state index is 0.265. The van der Waals surface area contributed by atoms with Crippen LogP contribution in [0.15, 0.2) is 30.3 Å². The van der Waals surface area contributed by atoms with Gasteiger partial charge >= 0.3 is 5.97 Å². The van der Waals surface area contributed by atoms with Crippen molar-refractivity contribution < 1.29 is 24.3 Å². The van der Waals surface area contributed by atoms with Crippen LogP contribution in [0.2, 0.25) is 0 Å². The number of carbonyl (C=O) groups excluding carboxylic acids is 3. The average Bonchev–Trinajstić information content (AvgIpc) is 2.62. The SMILES string of the molecule is CC(C)C(NC(=O)CNC(=O)C(N)Cc1ccccc1)C(=O)NCC(=O)O. The van der Waals surface area contributed by atoms with Crippen molar-refractivity contribution in [2.75, 3.05) is 13.1 Å². The molecule has 27 heavy (non-hydrogen) atoms. The van der Waals surface area contributed by atoms with Crippen molar-refractivity contribution in [3.8, 4) is 0 Å². The van der Waals surface area contributed by atoms with Gasteiger partial charge in [0.2, 0.25) is 17.7 Å². The summed E-state index contributed by atoms with van der Waals surface area (Å²) in [6.45, 7) is 2.54. The fourth-order valence-electron chi connectivity index (χ4n) is 2.29. The highest BCUT2D eigenvalue weighted by Crippen LogP contribution is 2.03. The van der Waals surface area contributed by atoms with Crippen LogP contribution in [0.5, 0.6) is 0 Å². The average molecular weight is 378 g/mol. The maximum absolute atomic E-state index is 12.0. The summed E-state index contributed by atoms with van der Waals surface area (Å²) in [4.78, 5) is 46.6. The van der Waals surface area contributed by atoms with E-state index in [-0.39, 0.29) is 12.5 Å². The van der Waals surface area contributed by atoms with Crippen LogP contribution < -0.4 is 21.7 Å². The first-order valence-corrected chi connectivity index (χ1v) is 8.56. The largest absolute Gasteiger partial charge is 0.480 e. The molecule has 0 aliphatic rings. The van der Waals surface area contributed by atoms with Crippen LogP contribution in [-0.2, 0) is 25.6 Å². The predicted molar refractivity (Wildman–Crippen MR) is 98.5 cm³/mol. The van der Waals surface area contributed by atoms with Gasteiger partial charge in [-0.25, -0.2) is 0 Å². The van der Waals surface area contributed by atoms with Gasteiger partial charge in [0.1, 0.15) is 12.6 Å². The molecule has 9 heteroatoms. The molecular weight excluding hydrogens is 352 g/mol. The van der Waals surface area contributed by atoms with Gasteiger partial charge in [-0.1, -0.05) is 44.2 Å². The maximum atomic E-state index is 12.0. The molecule has 3 amide bonds. The summed E-state index contributed by atoms with van der Waals surface area (Å²) in [5.74, 6) is -3.10. The molecule has 0 spiro atoms. The topological polar surface area (TPSA) is 151 Å². The lowest BCUT2D eigenvalue weighted by Gasteiger charge is -2.21. The van der Waals surface area contributed by atoms with E-state index in [9.17, 15) is 19.2 Å². The fraction of sp³-hybridized carbons (Fsp3) is 0.444. The van der Waals surface area contributed by atoms with Crippen LogP contribution in [0.4, 0.5) is 0 Å². The number of benzene rings is 1. The molecular formula is C18H26N4O5. The van der Waals surface area contributed by atoms with Gasteiger partial charge in [-0.2, -0.15) is 0 Å². The standard InChI is InChI=1S/C18H26N4O5/c1-11(2)16(18(27)21-10-15(24)25)22-14(23)9-20-17(26)13(19)8-12-6-4-3-5-7-12/h3-7,11,13,16H,8-10,19H2,1-2H3,(H,20,26)(H,21,27)(H,22,23)(H,24,25). The highest BCUT2D eigenvalue weighted by Gasteiger charge is 2.25. The summed E-state index contributed by atoms with van der Waals surface area (Å²) in [6, 6.07) is 7.53. The van der Waals surface area contributed by atoms with E-state index in [0.29, 0.717) is 6.42 Å². The Bertz CT molecular complexity index is 663. The number of amides is 3. The molecule has 0 aliphatic carbocycles. The van der Waals surface area contributed by atoms with Gasteiger partial charge in [-0.15, -0.1) is 0 Å². The first-order chi connectivity index (χ1) is 12.7. The molecule has 0 bridgehead atoms. The molecule has 0 saturated heterocycles. The number of nitrogens with two attached hydrogens (primary N) is 1. The van der Waals surface area contributed by atoms with Crippen molar-refractivity contribution >= 4 is 23.7 Å². The molecule has 0 radical (unpaired) electrons. The Morgan fingerprint density at radius 3 is 2.15 bits per heavy atom. The second-order valence-corrected chi connectivity index (χ2v) is 6.41. The Morgan fingerprint density at radius 1 is 1.00 bits per heavy atom. The van der Waals surface area contributed by atoms with Crippen molar-refractivity contribution in [1.29, 1.82) is 0 Å². The fourth-order valence-corrected chi connectivity index (χ4v) is 2.29. The van der Waals surface area contributed by atoms with Gasteiger partial charge in [0.25, 0.3) is 0 Å². The summed E-state index contributed by atoms with van der Waals surface area (Å²) in [6.07, 6.45) is 0.334. The van der Waals surface area contributed by atoms with Gasteiger partial charge < -0.3 is 26.8 Å². The van der Waals surface area contributed by atoms with Crippen LogP contribution in [-0.4, -0.2) is 54.0 Å². The van der Waals surface area contributed by atoms with Crippen LogP contribution in [0.3, 0.4) is 0 Å². The minimum Gasteiger partial charge on any atom is -0.480 e. The van der Waals surface area contributed by atoms with Gasteiger partial charge in [-0.3, -0.25) is 19.2 Å². The molecule has 0 heterocycles. The Balaban J connectivity index is 2.47. The number of carboxylic acids is 1. The van der Waals surface area contributed by atoms with Crippen molar-refractivity contribution in [2.45, 2.75) is 32.4 Å². The molecule has 2 atom stereocenters. The zero-order valence-corrected chi connectivity index (χ0v) is 15.4. The maximum Gasteiger partial charge on any atom is 0.322 e. The Hall–Kier alpha value is -2.94. The summed E-state index contributed by atoms with van der Waals surface area (Å²) in [7, 11) is 0.